The lowest BCUT2D eigenvalue weighted by molar-refractivity contribution is 0.874. The Balaban J connectivity index is 2.42. The first-order valence-electron chi connectivity index (χ1n) is 6.93. The molecule has 0 radical (unpaired) electrons. The molecule has 0 atom stereocenters. The second-order valence-electron chi connectivity index (χ2n) is 5.44. The number of rotatable bonds is 2. The highest BCUT2D eigenvalue weighted by Gasteiger charge is 2.10. The van der Waals surface area contributed by atoms with Crippen molar-refractivity contribution in [1.82, 2.24) is 0 Å². The van der Waals surface area contributed by atoms with Gasteiger partial charge < -0.3 is 0 Å². The quantitative estimate of drug-likeness (QED) is 0.481. The molecule has 0 saturated carbocycles. The third kappa shape index (κ3) is 2.21. The van der Waals surface area contributed by atoms with E-state index in [-0.39, 0.29) is 0 Å². The van der Waals surface area contributed by atoms with Crippen molar-refractivity contribution in [2.75, 3.05) is 0 Å². The van der Waals surface area contributed by atoms with Gasteiger partial charge in [0.15, 0.2) is 0 Å². The molecule has 0 saturated heterocycles. The molecular weight excluding hydrogens is 264 g/mol. The fourth-order valence-corrected chi connectivity index (χ4v) is 3.05. The van der Waals surface area contributed by atoms with Gasteiger partial charge in [-0.2, -0.15) is 0 Å². The SMILES string of the molecule is CC(C)c1c(/C=C/Cl)ccc2cc3ccccc3cc12. The van der Waals surface area contributed by atoms with E-state index in [1.54, 1.807) is 5.54 Å². The zero-order valence-corrected chi connectivity index (χ0v) is 12.5. The van der Waals surface area contributed by atoms with E-state index in [1.165, 1.54) is 32.7 Å². The van der Waals surface area contributed by atoms with Crippen LogP contribution in [0.3, 0.4) is 0 Å². The van der Waals surface area contributed by atoms with Crippen LogP contribution in [0.15, 0.2) is 54.1 Å². The summed E-state index contributed by atoms with van der Waals surface area (Å²) in [7, 11) is 0. The molecule has 0 bridgehead atoms. The van der Waals surface area contributed by atoms with E-state index in [0.717, 1.165) is 0 Å². The Kier molecular flexibility index (Phi) is 3.50. The van der Waals surface area contributed by atoms with Crippen molar-refractivity contribution in [1.29, 1.82) is 0 Å². The van der Waals surface area contributed by atoms with E-state index < -0.39 is 0 Å². The highest BCUT2D eigenvalue weighted by Crippen LogP contribution is 2.32. The van der Waals surface area contributed by atoms with Gasteiger partial charge in [-0.3, -0.25) is 0 Å². The molecule has 20 heavy (non-hydrogen) atoms. The van der Waals surface area contributed by atoms with Gasteiger partial charge in [0.05, 0.1) is 0 Å². The van der Waals surface area contributed by atoms with Gasteiger partial charge in [-0.25, -0.2) is 0 Å². The van der Waals surface area contributed by atoms with Crippen LogP contribution in [0.2, 0.25) is 0 Å². The summed E-state index contributed by atoms with van der Waals surface area (Å²) in [6.45, 7) is 4.46. The number of hydrogen-bond donors (Lipinski definition) is 0. The summed E-state index contributed by atoms with van der Waals surface area (Å²) in [5, 5.41) is 5.19. The number of halogens is 1. The highest BCUT2D eigenvalue weighted by atomic mass is 35.5. The van der Waals surface area contributed by atoms with Crippen molar-refractivity contribution < 1.29 is 0 Å². The molecule has 0 unspecified atom stereocenters. The largest absolute Gasteiger partial charge is 0.0929 e. The van der Waals surface area contributed by atoms with Crippen LogP contribution >= 0.6 is 11.6 Å². The first kappa shape index (κ1) is 13.2. The molecule has 3 aromatic carbocycles. The molecule has 0 aliphatic rings. The molecule has 0 N–H and O–H groups in total. The first-order chi connectivity index (χ1) is 9.70. The normalized spacial score (nSPS) is 12.0. The van der Waals surface area contributed by atoms with Gasteiger partial charge in [-0.15, -0.1) is 0 Å². The van der Waals surface area contributed by atoms with Gasteiger partial charge in [0.1, 0.15) is 0 Å². The lowest BCUT2D eigenvalue weighted by atomic mass is 9.90. The first-order valence-corrected chi connectivity index (χ1v) is 7.36. The predicted octanol–water partition coefficient (Wildman–Crippen LogP) is 6.33. The molecule has 3 rings (SSSR count). The Morgan fingerprint density at radius 2 is 1.60 bits per heavy atom. The molecule has 0 aliphatic carbocycles. The standard InChI is InChI=1S/C19H17Cl/c1-13(2)19-14(9-10-20)7-8-17-11-15-5-3-4-6-16(15)12-18(17)19/h3-13H,1-2H3/b10-9+. The molecular formula is C19H17Cl. The zero-order chi connectivity index (χ0) is 14.1. The molecule has 100 valence electrons. The van der Waals surface area contributed by atoms with Crippen LogP contribution in [0.1, 0.15) is 30.9 Å². The molecule has 0 heterocycles. The van der Waals surface area contributed by atoms with Gasteiger partial charge in [0, 0.05) is 5.54 Å². The summed E-state index contributed by atoms with van der Waals surface area (Å²) < 4.78 is 0. The number of hydrogen-bond acceptors (Lipinski definition) is 0. The van der Waals surface area contributed by atoms with Gasteiger partial charge in [0.2, 0.25) is 0 Å². The van der Waals surface area contributed by atoms with E-state index in [2.05, 4.69) is 62.4 Å². The average molecular weight is 281 g/mol. The lowest BCUT2D eigenvalue weighted by Gasteiger charge is -2.15. The monoisotopic (exact) mass is 280 g/mol. The summed E-state index contributed by atoms with van der Waals surface area (Å²) in [5.74, 6) is 0.461. The summed E-state index contributed by atoms with van der Waals surface area (Å²) in [5.41, 5.74) is 4.16. The molecule has 0 aliphatic heterocycles. The van der Waals surface area contributed by atoms with E-state index in [1.807, 2.05) is 6.08 Å². The van der Waals surface area contributed by atoms with Crippen molar-refractivity contribution >= 4 is 39.2 Å². The molecule has 0 nitrogen and oxygen atoms in total. The average Bonchev–Trinajstić information content (AvgIpc) is 2.45. The molecule has 0 fully saturated rings. The minimum atomic E-state index is 0.461. The van der Waals surface area contributed by atoms with E-state index >= 15 is 0 Å². The maximum atomic E-state index is 5.78. The second-order valence-corrected chi connectivity index (χ2v) is 5.69. The second kappa shape index (κ2) is 5.30. The van der Waals surface area contributed by atoms with Crippen LogP contribution in [0.4, 0.5) is 0 Å². The maximum Gasteiger partial charge on any atom is 0.00485 e. The Morgan fingerprint density at radius 3 is 2.25 bits per heavy atom. The minimum Gasteiger partial charge on any atom is -0.0929 e. The van der Waals surface area contributed by atoms with Crippen LogP contribution in [0.25, 0.3) is 27.6 Å². The third-order valence-electron chi connectivity index (χ3n) is 3.78. The fourth-order valence-electron chi connectivity index (χ4n) is 2.91. The fraction of sp³-hybridized carbons (Fsp3) is 0.158. The summed E-state index contributed by atoms with van der Waals surface area (Å²) in [6.07, 6.45) is 1.98. The Labute approximate surface area is 124 Å². The number of fused-ring (bicyclic) bond motifs is 2. The Bertz CT molecular complexity index is 797. The summed E-state index contributed by atoms with van der Waals surface area (Å²) >= 11 is 5.78. The van der Waals surface area contributed by atoms with Crippen molar-refractivity contribution in [3.8, 4) is 0 Å². The predicted molar refractivity (Wildman–Crippen MR) is 90.4 cm³/mol. The summed E-state index contributed by atoms with van der Waals surface area (Å²) in [4.78, 5) is 0. The van der Waals surface area contributed by atoms with Crippen LogP contribution in [0, 0.1) is 0 Å². The van der Waals surface area contributed by atoms with Crippen molar-refractivity contribution in [2.45, 2.75) is 19.8 Å². The van der Waals surface area contributed by atoms with Crippen molar-refractivity contribution in [3.63, 3.8) is 0 Å². The van der Waals surface area contributed by atoms with Gasteiger partial charge >= 0.3 is 0 Å². The molecule has 1 heteroatoms. The van der Waals surface area contributed by atoms with Crippen molar-refractivity contribution in [3.05, 3.63) is 65.2 Å². The molecule has 0 spiro atoms. The molecule has 3 aromatic rings. The molecule has 0 amide bonds. The smallest absolute Gasteiger partial charge is 0.00485 e. The topological polar surface area (TPSA) is 0 Å². The molecule has 0 aromatic heterocycles. The van der Waals surface area contributed by atoms with E-state index in [0.29, 0.717) is 5.92 Å². The Morgan fingerprint density at radius 1 is 0.900 bits per heavy atom. The van der Waals surface area contributed by atoms with E-state index in [9.17, 15) is 0 Å². The maximum absolute atomic E-state index is 5.78. The lowest BCUT2D eigenvalue weighted by Crippen LogP contribution is -1.94. The van der Waals surface area contributed by atoms with Gasteiger partial charge in [0.25, 0.3) is 0 Å². The van der Waals surface area contributed by atoms with Crippen LogP contribution in [0.5, 0.6) is 0 Å². The van der Waals surface area contributed by atoms with Crippen LogP contribution in [-0.4, -0.2) is 0 Å². The minimum absolute atomic E-state index is 0.461. The van der Waals surface area contributed by atoms with Crippen molar-refractivity contribution in [2.24, 2.45) is 0 Å². The van der Waals surface area contributed by atoms with Crippen LogP contribution < -0.4 is 0 Å². The Hall–Kier alpha value is -1.79. The van der Waals surface area contributed by atoms with Crippen LogP contribution in [-0.2, 0) is 0 Å². The highest BCUT2D eigenvalue weighted by molar-refractivity contribution is 6.27. The van der Waals surface area contributed by atoms with Gasteiger partial charge in [-0.1, -0.05) is 61.8 Å². The summed E-state index contributed by atoms with van der Waals surface area (Å²) in [6, 6.07) is 17.4. The third-order valence-corrected chi connectivity index (χ3v) is 3.91. The zero-order valence-electron chi connectivity index (χ0n) is 11.7. The number of benzene rings is 3. The van der Waals surface area contributed by atoms with Gasteiger partial charge in [-0.05, 0) is 56.8 Å². The van der Waals surface area contributed by atoms with E-state index in [4.69, 9.17) is 11.6 Å².